The highest BCUT2D eigenvalue weighted by Crippen LogP contribution is 2.33. The molecule has 120 valence electrons. The number of aliphatic hydroxyl groups is 1. The van der Waals surface area contributed by atoms with Gasteiger partial charge in [0.1, 0.15) is 0 Å². The minimum atomic E-state index is -0.195. The number of amides is 1. The maximum Gasteiger partial charge on any atom is 0.253 e. The normalized spacial score (nSPS) is 21.0. The Bertz CT molecular complexity index is 524. The summed E-state index contributed by atoms with van der Waals surface area (Å²) >= 11 is 5.89. The van der Waals surface area contributed by atoms with Crippen LogP contribution in [0.2, 0.25) is 5.02 Å². The third-order valence-electron chi connectivity index (χ3n) is 4.99. The molecule has 22 heavy (non-hydrogen) atoms. The van der Waals surface area contributed by atoms with Crippen LogP contribution in [0.1, 0.15) is 29.6 Å². The fourth-order valence-electron chi connectivity index (χ4n) is 3.32. The molecule has 1 aromatic rings. The van der Waals surface area contributed by atoms with Crippen LogP contribution in [0.25, 0.3) is 0 Å². The fraction of sp³-hybridized carbons (Fsp3) is 0.588. The third-order valence-corrected chi connectivity index (χ3v) is 5.24. The lowest BCUT2D eigenvalue weighted by Crippen LogP contribution is -2.58. The molecule has 1 N–H and O–H groups in total. The first kappa shape index (κ1) is 15.8. The molecule has 0 radical (unpaired) electrons. The van der Waals surface area contributed by atoms with Gasteiger partial charge in [0, 0.05) is 43.3 Å². The average molecular weight is 323 g/mol. The van der Waals surface area contributed by atoms with E-state index in [9.17, 15) is 9.90 Å². The maximum atomic E-state index is 12.7. The summed E-state index contributed by atoms with van der Waals surface area (Å²) in [5.41, 5.74) is 0.680. The minimum absolute atomic E-state index is 0.0506. The van der Waals surface area contributed by atoms with Gasteiger partial charge in [-0.05, 0) is 43.0 Å². The van der Waals surface area contributed by atoms with Crippen molar-refractivity contribution in [1.29, 1.82) is 0 Å². The summed E-state index contributed by atoms with van der Waals surface area (Å²) in [6.07, 6.45) is 3.45. The molecule has 1 saturated carbocycles. The zero-order valence-electron chi connectivity index (χ0n) is 12.9. The molecule has 1 atom stereocenters. The standard InChI is InChI=1S/C17H23ClN2O2/c1-19(17(22)13-5-7-14(18)8-6-13)16(12-3-2-4-12)11-20-9-15(21)10-20/h5-8,12,15-16,21H,2-4,9-11H2,1H3. The number of carbonyl (C=O) groups is 1. The van der Waals surface area contributed by atoms with Crippen LogP contribution in [0.5, 0.6) is 0 Å². The van der Waals surface area contributed by atoms with Crippen LogP contribution in [-0.4, -0.2) is 59.6 Å². The number of aliphatic hydroxyl groups excluding tert-OH is 1. The summed E-state index contributed by atoms with van der Waals surface area (Å²) in [5, 5.41) is 10.1. The van der Waals surface area contributed by atoms with Gasteiger partial charge in [0.05, 0.1) is 6.10 Å². The monoisotopic (exact) mass is 322 g/mol. The Morgan fingerprint density at radius 1 is 1.36 bits per heavy atom. The number of hydrogen-bond donors (Lipinski definition) is 1. The van der Waals surface area contributed by atoms with Gasteiger partial charge in [-0.1, -0.05) is 18.0 Å². The van der Waals surface area contributed by atoms with E-state index in [1.807, 2.05) is 11.9 Å². The van der Waals surface area contributed by atoms with E-state index in [1.165, 1.54) is 19.3 Å². The molecular weight excluding hydrogens is 300 g/mol. The molecule has 0 bridgehead atoms. The van der Waals surface area contributed by atoms with E-state index in [-0.39, 0.29) is 18.1 Å². The summed E-state index contributed by atoms with van der Waals surface area (Å²) < 4.78 is 0. The quantitative estimate of drug-likeness (QED) is 0.904. The predicted molar refractivity (Wildman–Crippen MR) is 87.1 cm³/mol. The number of nitrogens with zero attached hydrogens (tertiary/aromatic N) is 2. The minimum Gasteiger partial charge on any atom is -0.390 e. The highest BCUT2D eigenvalue weighted by molar-refractivity contribution is 6.30. The first-order chi connectivity index (χ1) is 10.5. The molecule has 1 amide bonds. The second-order valence-corrected chi connectivity index (χ2v) is 6.99. The summed E-state index contributed by atoms with van der Waals surface area (Å²) in [6.45, 7) is 2.32. The Balaban J connectivity index is 1.68. The lowest BCUT2D eigenvalue weighted by molar-refractivity contribution is -0.0223. The zero-order valence-corrected chi connectivity index (χ0v) is 13.7. The van der Waals surface area contributed by atoms with Gasteiger partial charge in [-0.2, -0.15) is 0 Å². The third kappa shape index (κ3) is 3.29. The van der Waals surface area contributed by atoms with Crippen molar-refractivity contribution in [2.24, 2.45) is 5.92 Å². The number of halogens is 1. The van der Waals surface area contributed by atoms with Crippen molar-refractivity contribution in [1.82, 2.24) is 9.80 Å². The second-order valence-electron chi connectivity index (χ2n) is 6.55. The largest absolute Gasteiger partial charge is 0.390 e. The number of rotatable bonds is 5. The lowest BCUT2D eigenvalue weighted by Gasteiger charge is -2.45. The molecule has 4 nitrogen and oxygen atoms in total. The predicted octanol–water partition coefficient (Wildman–Crippen LogP) is 2.26. The fourth-order valence-corrected chi connectivity index (χ4v) is 3.44. The van der Waals surface area contributed by atoms with Crippen molar-refractivity contribution in [2.75, 3.05) is 26.7 Å². The van der Waals surface area contributed by atoms with Crippen LogP contribution >= 0.6 is 11.6 Å². The second kappa shape index (κ2) is 6.57. The van der Waals surface area contributed by atoms with Crippen LogP contribution in [0, 0.1) is 5.92 Å². The Labute approximate surface area is 136 Å². The number of β-amino-alcohol motifs (C(OH)–C–C–N with tert-alkyl or cyclic N) is 1. The topological polar surface area (TPSA) is 43.8 Å². The van der Waals surface area contributed by atoms with Crippen molar-refractivity contribution < 1.29 is 9.90 Å². The molecule has 1 heterocycles. The highest BCUT2D eigenvalue weighted by atomic mass is 35.5. The molecule has 2 fully saturated rings. The first-order valence-electron chi connectivity index (χ1n) is 7.97. The van der Waals surface area contributed by atoms with Crippen molar-refractivity contribution in [3.63, 3.8) is 0 Å². The van der Waals surface area contributed by atoms with E-state index in [0.717, 1.165) is 19.6 Å². The van der Waals surface area contributed by atoms with Crippen LogP contribution in [0.3, 0.4) is 0 Å². The van der Waals surface area contributed by atoms with Gasteiger partial charge in [0.25, 0.3) is 5.91 Å². The molecule has 0 spiro atoms. The van der Waals surface area contributed by atoms with Crippen molar-refractivity contribution in [3.05, 3.63) is 34.9 Å². The van der Waals surface area contributed by atoms with Crippen LogP contribution in [-0.2, 0) is 0 Å². The number of hydrogen-bond acceptors (Lipinski definition) is 3. The highest BCUT2D eigenvalue weighted by Gasteiger charge is 2.36. The first-order valence-corrected chi connectivity index (χ1v) is 8.35. The van der Waals surface area contributed by atoms with Crippen molar-refractivity contribution >= 4 is 17.5 Å². The molecule has 1 aromatic carbocycles. The molecule has 0 aromatic heterocycles. The van der Waals surface area contributed by atoms with E-state index < -0.39 is 0 Å². The van der Waals surface area contributed by atoms with Crippen LogP contribution in [0.15, 0.2) is 24.3 Å². The Kier molecular flexibility index (Phi) is 4.71. The SMILES string of the molecule is CN(C(=O)c1ccc(Cl)cc1)C(CN1CC(O)C1)C1CCC1. The van der Waals surface area contributed by atoms with Gasteiger partial charge in [0.15, 0.2) is 0 Å². The van der Waals surface area contributed by atoms with Gasteiger partial charge in [-0.3, -0.25) is 9.69 Å². The van der Waals surface area contributed by atoms with Gasteiger partial charge >= 0.3 is 0 Å². The maximum absolute atomic E-state index is 12.7. The van der Waals surface area contributed by atoms with Crippen molar-refractivity contribution in [2.45, 2.75) is 31.4 Å². The van der Waals surface area contributed by atoms with E-state index >= 15 is 0 Å². The molecule has 3 rings (SSSR count). The van der Waals surface area contributed by atoms with E-state index in [4.69, 9.17) is 11.6 Å². The molecule has 1 aliphatic heterocycles. The Morgan fingerprint density at radius 2 is 2.00 bits per heavy atom. The van der Waals surface area contributed by atoms with E-state index in [2.05, 4.69) is 4.90 Å². The molecule has 1 saturated heterocycles. The summed E-state index contributed by atoms with van der Waals surface area (Å²) in [6, 6.07) is 7.31. The van der Waals surface area contributed by atoms with Crippen molar-refractivity contribution in [3.8, 4) is 0 Å². The molecular formula is C17H23ClN2O2. The number of likely N-dealkylation sites (N-methyl/N-ethyl adjacent to an activating group) is 1. The smallest absolute Gasteiger partial charge is 0.253 e. The van der Waals surface area contributed by atoms with Gasteiger partial charge < -0.3 is 10.0 Å². The van der Waals surface area contributed by atoms with Crippen LogP contribution in [0.4, 0.5) is 0 Å². The zero-order chi connectivity index (χ0) is 15.7. The Hall–Kier alpha value is -1.10. The molecule has 1 aliphatic carbocycles. The molecule has 5 heteroatoms. The van der Waals surface area contributed by atoms with Crippen LogP contribution < -0.4 is 0 Å². The lowest BCUT2D eigenvalue weighted by atomic mass is 9.78. The van der Waals surface area contributed by atoms with E-state index in [1.54, 1.807) is 24.3 Å². The average Bonchev–Trinajstić information content (AvgIpc) is 2.42. The number of benzene rings is 1. The Morgan fingerprint density at radius 3 is 2.50 bits per heavy atom. The number of likely N-dealkylation sites (tertiary alicyclic amines) is 1. The van der Waals surface area contributed by atoms with E-state index in [0.29, 0.717) is 16.5 Å². The van der Waals surface area contributed by atoms with Gasteiger partial charge in [0.2, 0.25) is 0 Å². The summed E-state index contributed by atoms with van der Waals surface area (Å²) in [7, 11) is 1.90. The summed E-state index contributed by atoms with van der Waals surface area (Å²) in [4.78, 5) is 16.8. The van der Waals surface area contributed by atoms with Gasteiger partial charge in [-0.15, -0.1) is 0 Å². The summed E-state index contributed by atoms with van der Waals surface area (Å²) in [5.74, 6) is 0.633. The van der Waals surface area contributed by atoms with Gasteiger partial charge in [-0.25, -0.2) is 0 Å². The number of carbonyl (C=O) groups excluding carboxylic acids is 1. The molecule has 1 unspecified atom stereocenters. The molecule has 2 aliphatic rings.